The van der Waals surface area contributed by atoms with Crippen LogP contribution in [0.4, 0.5) is 0 Å². The molecule has 1 aromatic rings. The molecule has 29 heavy (non-hydrogen) atoms. The lowest BCUT2D eigenvalue weighted by Gasteiger charge is -2.64. The summed E-state index contributed by atoms with van der Waals surface area (Å²) >= 11 is 0. The Balaban J connectivity index is 1.52. The fourth-order valence-electron chi connectivity index (χ4n) is 8.33. The van der Waals surface area contributed by atoms with Crippen LogP contribution < -0.4 is 5.63 Å². The van der Waals surface area contributed by atoms with E-state index in [9.17, 15) is 20.1 Å². The first-order chi connectivity index (χ1) is 13.7. The molecule has 5 heteroatoms. The first-order valence-electron chi connectivity index (χ1n) is 11.4. The third-order valence-electron chi connectivity index (χ3n) is 9.98. The Morgan fingerprint density at radius 3 is 2.52 bits per heavy atom. The molecule has 0 saturated heterocycles. The molecule has 0 amide bonds. The number of aliphatic hydroxyl groups is 3. The third-order valence-corrected chi connectivity index (χ3v) is 9.98. The molecule has 160 valence electrons. The molecular formula is C24H34O5. The van der Waals surface area contributed by atoms with Gasteiger partial charge in [0.15, 0.2) is 0 Å². The zero-order chi connectivity index (χ0) is 20.6. The van der Waals surface area contributed by atoms with Crippen LogP contribution in [0.15, 0.2) is 27.6 Å². The summed E-state index contributed by atoms with van der Waals surface area (Å²) in [5.41, 5.74) is -0.897. The van der Waals surface area contributed by atoms with Crippen molar-refractivity contribution in [2.24, 2.45) is 28.6 Å². The predicted octanol–water partition coefficient (Wildman–Crippen LogP) is 3.21. The molecular weight excluding hydrogens is 368 g/mol. The minimum absolute atomic E-state index is 0.0218. The van der Waals surface area contributed by atoms with Gasteiger partial charge in [-0.2, -0.15) is 0 Å². The Kier molecular flexibility index (Phi) is 4.37. The van der Waals surface area contributed by atoms with Crippen molar-refractivity contribution in [3.05, 3.63) is 34.4 Å². The lowest BCUT2D eigenvalue weighted by molar-refractivity contribution is -0.233. The van der Waals surface area contributed by atoms with Crippen molar-refractivity contribution in [3.8, 4) is 0 Å². The Bertz CT molecular complexity index is 829. The van der Waals surface area contributed by atoms with Gasteiger partial charge in [0.2, 0.25) is 0 Å². The highest BCUT2D eigenvalue weighted by Gasteiger charge is 2.70. The molecule has 0 radical (unpaired) electrons. The molecule has 0 unspecified atom stereocenters. The largest absolute Gasteiger partial charge is 0.431 e. The van der Waals surface area contributed by atoms with Crippen LogP contribution in [0.2, 0.25) is 0 Å². The van der Waals surface area contributed by atoms with Crippen LogP contribution in [0.3, 0.4) is 0 Å². The third kappa shape index (κ3) is 2.53. The van der Waals surface area contributed by atoms with Gasteiger partial charge in [-0.3, -0.25) is 0 Å². The molecule has 5 nitrogen and oxygen atoms in total. The molecule has 0 aromatic carbocycles. The summed E-state index contributed by atoms with van der Waals surface area (Å²) < 4.78 is 5.12. The second kappa shape index (κ2) is 6.41. The van der Waals surface area contributed by atoms with Crippen molar-refractivity contribution in [2.75, 3.05) is 0 Å². The van der Waals surface area contributed by atoms with Crippen LogP contribution >= 0.6 is 0 Å². The minimum Gasteiger partial charge on any atom is -0.431 e. The minimum atomic E-state index is -1.12. The molecule has 1 aromatic heterocycles. The summed E-state index contributed by atoms with van der Waals surface area (Å²) in [5, 5.41) is 33.6. The monoisotopic (exact) mass is 402 g/mol. The molecule has 4 saturated carbocycles. The molecule has 5 rings (SSSR count). The lowest BCUT2D eigenvalue weighted by Crippen LogP contribution is -2.65. The SMILES string of the molecule is C[C@]12CC[C@@H](O)C[C@H]1CC[C@@H]1[C@@H]2CC[C@]2(C)[C@H](c3ccc(=O)oc3)C[C@H](O)[C@]12O. The summed E-state index contributed by atoms with van der Waals surface area (Å²) in [6, 6.07) is 3.24. The van der Waals surface area contributed by atoms with Gasteiger partial charge in [0.1, 0.15) is 0 Å². The first kappa shape index (κ1) is 19.8. The van der Waals surface area contributed by atoms with E-state index in [-0.39, 0.29) is 29.0 Å². The maximum absolute atomic E-state index is 12.2. The standard InChI is InChI=1S/C24H34O5/c1-22-9-7-16(25)11-15(22)4-5-18-17(22)8-10-23(2)19(12-20(26)24(18,23)28)14-3-6-21(27)29-13-14/h3,6,13,15-20,25-26,28H,4-5,7-12H2,1-2H3/t15-,16-,17+,18-,19+,20+,22+,23-,24-/m1/s1. The van der Waals surface area contributed by atoms with Gasteiger partial charge in [-0.25, -0.2) is 4.79 Å². The first-order valence-corrected chi connectivity index (χ1v) is 11.4. The van der Waals surface area contributed by atoms with Gasteiger partial charge in [0, 0.05) is 11.5 Å². The van der Waals surface area contributed by atoms with Gasteiger partial charge in [-0.15, -0.1) is 0 Å². The summed E-state index contributed by atoms with van der Waals surface area (Å²) in [6.07, 6.45) is 7.64. The van der Waals surface area contributed by atoms with E-state index in [4.69, 9.17) is 4.42 Å². The Morgan fingerprint density at radius 1 is 1.00 bits per heavy atom. The highest BCUT2D eigenvalue weighted by atomic mass is 16.4. The van der Waals surface area contributed by atoms with E-state index in [1.54, 1.807) is 6.07 Å². The molecule has 0 bridgehead atoms. The second-order valence-electron chi connectivity index (χ2n) is 10.9. The maximum atomic E-state index is 12.2. The van der Waals surface area contributed by atoms with Gasteiger partial charge in [0.05, 0.1) is 24.1 Å². The van der Waals surface area contributed by atoms with Crippen LogP contribution in [-0.4, -0.2) is 33.1 Å². The van der Waals surface area contributed by atoms with Crippen LogP contribution in [0.25, 0.3) is 0 Å². The predicted molar refractivity (Wildman–Crippen MR) is 108 cm³/mol. The molecule has 0 spiro atoms. The molecule has 4 fully saturated rings. The van der Waals surface area contributed by atoms with Crippen molar-refractivity contribution in [2.45, 2.75) is 88.9 Å². The van der Waals surface area contributed by atoms with Crippen molar-refractivity contribution in [1.29, 1.82) is 0 Å². The fraction of sp³-hybridized carbons (Fsp3) is 0.792. The molecule has 9 atom stereocenters. The van der Waals surface area contributed by atoms with E-state index in [2.05, 4.69) is 13.8 Å². The van der Waals surface area contributed by atoms with E-state index in [0.29, 0.717) is 18.3 Å². The lowest BCUT2D eigenvalue weighted by atomic mass is 9.43. The number of hydrogen-bond donors (Lipinski definition) is 3. The number of fused-ring (bicyclic) bond motifs is 5. The van der Waals surface area contributed by atoms with E-state index >= 15 is 0 Å². The van der Waals surface area contributed by atoms with Crippen LogP contribution in [0, 0.1) is 28.6 Å². The van der Waals surface area contributed by atoms with Crippen molar-refractivity contribution < 1.29 is 19.7 Å². The molecule has 4 aliphatic carbocycles. The summed E-state index contributed by atoms with van der Waals surface area (Å²) in [7, 11) is 0. The van der Waals surface area contributed by atoms with E-state index in [1.807, 2.05) is 0 Å². The Labute approximate surface area is 172 Å². The Morgan fingerprint density at radius 2 is 1.79 bits per heavy atom. The number of rotatable bonds is 1. The highest BCUT2D eigenvalue weighted by molar-refractivity contribution is 5.29. The van der Waals surface area contributed by atoms with Gasteiger partial charge < -0.3 is 19.7 Å². The van der Waals surface area contributed by atoms with Gasteiger partial charge in [-0.1, -0.05) is 13.8 Å². The Hall–Kier alpha value is -1.17. The fourth-order valence-corrected chi connectivity index (χ4v) is 8.33. The number of aliphatic hydroxyl groups excluding tert-OH is 2. The smallest absolute Gasteiger partial charge is 0.335 e. The normalized spacial score (nSPS) is 51.8. The zero-order valence-corrected chi connectivity index (χ0v) is 17.5. The average molecular weight is 403 g/mol. The van der Waals surface area contributed by atoms with Gasteiger partial charge in [-0.05, 0) is 92.1 Å². The van der Waals surface area contributed by atoms with Crippen molar-refractivity contribution >= 4 is 0 Å². The molecule has 4 aliphatic rings. The maximum Gasteiger partial charge on any atom is 0.335 e. The van der Waals surface area contributed by atoms with Gasteiger partial charge >= 0.3 is 5.63 Å². The van der Waals surface area contributed by atoms with E-state index in [0.717, 1.165) is 50.5 Å². The zero-order valence-electron chi connectivity index (χ0n) is 17.5. The topological polar surface area (TPSA) is 90.9 Å². The molecule has 0 aliphatic heterocycles. The summed E-state index contributed by atoms with van der Waals surface area (Å²) in [5.74, 6) is 0.951. The van der Waals surface area contributed by atoms with Crippen molar-refractivity contribution in [3.63, 3.8) is 0 Å². The van der Waals surface area contributed by atoms with Crippen LogP contribution in [-0.2, 0) is 0 Å². The van der Waals surface area contributed by atoms with Crippen LogP contribution in [0.1, 0.15) is 76.7 Å². The second-order valence-corrected chi connectivity index (χ2v) is 10.9. The van der Waals surface area contributed by atoms with E-state index < -0.39 is 17.1 Å². The molecule has 1 heterocycles. The quantitative estimate of drug-likeness (QED) is 0.671. The summed E-state index contributed by atoms with van der Waals surface area (Å²) in [6.45, 7) is 4.51. The summed E-state index contributed by atoms with van der Waals surface area (Å²) in [4.78, 5) is 11.4. The highest BCUT2D eigenvalue weighted by Crippen LogP contribution is 2.70. The number of hydrogen-bond acceptors (Lipinski definition) is 5. The van der Waals surface area contributed by atoms with Gasteiger partial charge in [0.25, 0.3) is 0 Å². The van der Waals surface area contributed by atoms with E-state index in [1.165, 1.54) is 12.3 Å². The molecule has 3 N–H and O–H groups in total. The average Bonchev–Trinajstić information content (AvgIpc) is 2.90. The van der Waals surface area contributed by atoms with Crippen molar-refractivity contribution in [1.82, 2.24) is 0 Å². The van der Waals surface area contributed by atoms with Crippen LogP contribution in [0.5, 0.6) is 0 Å².